The molecule has 2 saturated carbocycles. The summed E-state index contributed by atoms with van der Waals surface area (Å²) in [5.41, 5.74) is 0. The summed E-state index contributed by atoms with van der Waals surface area (Å²) < 4.78 is 0. The quantitative estimate of drug-likeness (QED) is 0.524. The maximum Gasteiger partial charge on any atom is 0.233 e. The van der Waals surface area contributed by atoms with Crippen LogP contribution in [0.2, 0.25) is 0 Å². The van der Waals surface area contributed by atoms with E-state index in [0.29, 0.717) is 11.8 Å². The van der Waals surface area contributed by atoms with Crippen molar-refractivity contribution in [2.45, 2.75) is 44.6 Å². The molecule has 0 aromatic heterocycles. The maximum atomic E-state index is 12.6. The standard InChI is InChI=1S/C15H19NO2/c17-14-12-9-6-7-10(8-9)13(12)15(18)16(14)11-4-2-1-3-5-11/h6-7,9-13H,1-5,8H2/t9?,10?,12-,13?/m1/s1. The number of nitrogens with zero attached hydrogens (tertiary/aromatic N) is 1. The van der Waals surface area contributed by atoms with Gasteiger partial charge in [0.05, 0.1) is 11.8 Å². The van der Waals surface area contributed by atoms with Gasteiger partial charge in [-0.3, -0.25) is 14.5 Å². The molecule has 3 heteroatoms. The molecule has 2 amide bonds. The van der Waals surface area contributed by atoms with Gasteiger partial charge in [-0.25, -0.2) is 0 Å². The molecular weight excluding hydrogens is 226 g/mol. The predicted molar refractivity (Wildman–Crippen MR) is 66.4 cm³/mol. The smallest absolute Gasteiger partial charge is 0.233 e. The van der Waals surface area contributed by atoms with Gasteiger partial charge in [-0.15, -0.1) is 0 Å². The number of carbonyl (C=O) groups is 2. The molecule has 0 spiro atoms. The van der Waals surface area contributed by atoms with E-state index in [-0.39, 0.29) is 29.7 Å². The van der Waals surface area contributed by atoms with Crippen LogP contribution in [0, 0.1) is 23.7 Å². The van der Waals surface area contributed by atoms with Crippen LogP contribution in [0.3, 0.4) is 0 Å². The normalized spacial score (nSPS) is 43.0. The number of rotatable bonds is 1. The lowest BCUT2D eigenvalue weighted by Crippen LogP contribution is -2.42. The van der Waals surface area contributed by atoms with Crippen LogP contribution in [0.15, 0.2) is 12.2 Å². The number of imide groups is 1. The highest BCUT2D eigenvalue weighted by molar-refractivity contribution is 6.06. The van der Waals surface area contributed by atoms with Gasteiger partial charge < -0.3 is 0 Å². The van der Waals surface area contributed by atoms with E-state index >= 15 is 0 Å². The summed E-state index contributed by atoms with van der Waals surface area (Å²) in [7, 11) is 0. The topological polar surface area (TPSA) is 37.4 Å². The highest BCUT2D eigenvalue weighted by atomic mass is 16.2. The van der Waals surface area contributed by atoms with Gasteiger partial charge in [-0.2, -0.15) is 0 Å². The van der Waals surface area contributed by atoms with Crippen LogP contribution in [0.4, 0.5) is 0 Å². The zero-order valence-corrected chi connectivity index (χ0v) is 10.5. The average Bonchev–Trinajstić information content (AvgIpc) is 3.05. The molecule has 4 atom stereocenters. The highest BCUT2D eigenvalue weighted by Crippen LogP contribution is 2.53. The van der Waals surface area contributed by atoms with Crippen LogP contribution in [-0.2, 0) is 9.59 Å². The number of fused-ring (bicyclic) bond motifs is 5. The van der Waals surface area contributed by atoms with Gasteiger partial charge in [0, 0.05) is 6.04 Å². The van der Waals surface area contributed by atoms with Crippen molar-refractivity contribution in [2.24, 2.45) is 23.7 Å². The fraction of sp³-hybridized carbons (Fsp3) is 0.733. The zero-order valence-electron chi connectivity index (χ0n) is 10.5. The first-order valence-electron chi connectivity index (χ1n) is 7.32. The van der Waals surface area contributed by atoms with Gasteiger partial charge >= 0.3 is 0 Å². The van der Waals surface area contributed by atoms with E-state index in [1.165, 1.54) is 19.3 Å². The summed E-state index contributed by atoms with van der Waals surface area (Å²) in [5, 5.41) is 0. The zero-order chi connectivity index (χ0) is 12.3. The number of hydrogen-bond donors (Lipinski definition) is 0. The van der Waals surface area contributed by atoms with Gasteiger partial charge in [0.2, 0.25) is 11.8 Å². The molecule has 3 fully saturated rings. The number of likely N-dealkylation sites (tertiary alicyclic amines) is 1. The molecular formula is C15H19NO2. The number of allylic oxidation sites excluding steroid dienone is 2. The summed E-state index contributed by atoms with van der Waals surface area (Å²) in [6.45, 7) is 0. The van der Waals surface area contributed by atoms with Gasteiger partial charge in [0.1, 0.15) is 0 Å². The van der Waals surface area contributed by atoms with Crippen LogP contribution in [0.1, 0.15) is 38.5 Å². The Morgan fingerprint density at radius 2 is 1.44 bits per heavy atom. The van der Waals surface area contributed by atoms with Crippen LogP contribution < -0.4 is 0 Å². The monoisotopic (exact) mass is 245 g/mol. The Balaban J connectivity index is 1.63. The second-order valence-corrected chi connectivity index (χ2v) is 6.34. The minimum absolute atomic E-state index is 0.00516. The predicted octanol–water partition coefficient (Wildman–Crippen LogP) is 2.13. The molecule has 0 aromatic carbocycles. The van der Waals surface area contributed by atoms with Gasteiger partial charge in [0.25, 0.3) is 0 Å². The number of carbonyl (C=O) groups excluding carboxylic acids is 2. The average molecular weight is 245 g/mol. The molecule has 3 aliphatic carbocycles. The SMILES string of the molecule is O=C1C2C3C=CC(C3)[C@H]2C(=O)N1C1CCCCC1. The van der Waals surface area contributed by atoms with Crippen molar-refractivity contribution < 1.29 is 9.59 Å². The highest BCUT2D eigenvalue weighted by Gasteiger charge is 2.60. The Bertz CT molecular complexity index is 406. The van der Waals surface area contributed by atoms with Gasteiger partial charge in [0.15, 0.2) is 0 Å². The van der Waals surface area contributed by atoms with Crippen molar-refractivity contribution in [3.05, 3.63) is 12.2 Å². The molecule has 2 bridgehead atoms. The Kier molecular flexibility index (Phi) is 2.21. The molecule has 96 valence electrons. The van der Waals surface area contributed by atoms with E-state index in [1.807, 2.05) is 0 Å². The van der Waals surface area contributed by atoms with E-state index in [1.54, 1.807) is 4.90 Å². The maximum absolute atomic E-state index is 12.6. The summed E-state index contributed by atoms with van der Waals surface area (Å²) in [5.74, 6) is 0.987. The van der Waals surface area contributed by atoms with Crippen molar-refractivity contribution in [2.75, 3.05) is 0 Å². The molecule has 1 saturated heterocycles. The Labute approximate surface area is 107 Å². The summed E-state index contributed by atoms with van der Waals surface area (Å²) in [4.78, 5) is 26.8. The second-order valence-electron chi connectivity index (χ2n) is 6.34. The summed E-state index contributed by atoms with van der Waals surface area (Å²) in [6, 6.07) is 0.212. The third-order valence-electron chi connectivity index (χ3n) is 5.44. The number of hydrogen-bond acceptors (Lipinski definition) is 2. The largest absolute Gasteiger partial charge is 0.279 e. The molecule has 18 heavy (non-hydrogen) atoms. The lowest BCUT2D eigenvalue weighted by atomic mass is 9.85. The first-order valence-corrected chi connectivity index (χ1v) is 7.32. The van der Waals surface area contributed by atoms with Crippen molar-refractivity contribution in [3.8, 4) is 0 Å². The first kappa shape index (κ1) is 10.8. The van der Waals surface area contributed by atoms with Crippen molar-refractivity contribution in [3.63, 3.8) is 0 Å². The molecule has 0 N–H and O–H groups in total. The molecule has 3 unspecified atom stereocenters. The molecule has 0 aromatic rings. The van der Waals surface area contributed by atoms with Gasteiger partial charge in [-0.05, 0) is 31.1 Å². The summed E-state index contributed by atoms with van der Waals surface area (Å²) >= 11 is 0. The van der Waals surface area contributed by atoms with E-state index in [9.17, 15) is 9.59 Å². The Morgan fingerprint density at radius 3 is 2.00 bits per heavy atom. The van der Waals surface area contributed by atoms with Crippen LogP contribution in [0.5, 0.6) is 0 Å². The molecule has 1 aliphatic heterocycles. The fourth-order valence-electron chi connectivity index (χ4n) is 4.62. The lowest BCUT2D eigenvalue weighted by Gasteiger charge is -2.30. The van der Waals surface area contributed by atoms with Crippen molar-refractivity contribution >= 4 is 11.8 Å². The first-order chi connectivity index (χ1) is 8.77. The van der Waals surface area contributed by atoms with E-state index in [4.69, 9.17) is 0 Å². The minimum atomic E-state index is -0.00516. The molecule has 3 nitrogen and oxygen atoms in total. The van der Waals surface area contributed by atoms with Crippen molar-refractivity contribution in [1.29, 1.82) is 0 Å². The van der Waals surface area contributed by atoms with Crippen molar-refractivity contribution in [1.82, 2.24) is 4.90 Å². The van der Waals surface area contributed by atoms with E-state index in [2.05, 4.69) is 12.2 Å². The minimum Gasteiger partial charge on any atom is -0.279 e. The Hall–Kier alpha value is -1.12. The fourth-order valence-corrected chi connectivity index (χ4v) is 4.62. The summed E-state index contributed by atoms with van der Waals surface area (Å²) in [6.07, 6.45) is 11.0. The molecule has 4 aliphatic rings. The van der Waals surface area contributed by atoms with E-state index < -0.39 is 0 Å². The van der Waals surface area contributed by atoms with Crippen LogP contribution in [-0.4, -0.2) is 22.8 Å². The molecule has 1 heterocycles. The third-order valence-corrected chi connectivity index (χ3v) is 5.44. The molecule has 4 rings (SSSR count). The van der Waals surface area contributed by atoms with Crippen LogP contribution >= 0.6 is 0 Å². The third kappa shape index (κ3) is 1.25. The lowest BCUT2D eigenvalue weighted by molar-refractivity contribution is -0.144. The number of amides is 2. The second kappa shape index (κ2) is 3.69. The van der Waals surface area contributed by atoms with Crippen LogP contribution in [0.25, 0.3) is 0 Å². The Morgan fingerprint density at radius 1 is 0.889 bits per heavy atom. The van der Waals surface area contributed by atoms with Gasteiger partial charge in [-0.1, -0.05) is 31.4 Å². The van der Waals surface area contributed by atoms with E-state index in [0.717, 1.165) is 19.3 Å². The molecule has 0 radical (unpaired) electrons.